The number of fused-ring (bicyclic) bond motifs is 1. The molecule has 0 aromatic heterocycles. The number of hydrogen-bond donors (Lipinski definition) is 0. The number of ether oxygens (including phenoxy) is 1. The van der Waals surface area contributed by atoms with E-state index in [1.807, 2.05) is 18.2 Å². The van der Waals surface area contributed by atoms with E-state index in [1.165, 1.54) is 23.5 Å². The Morgan fingerprint density at radius 3 is 2.20 bits per heavy atom. The predicted molar refractivity (Wildman–Crippen MR) is 117 cm³/mol. The van der Waals surface area contributed by atoms with Crippen LogP contribution in [-0.4, -0.2) is 27.4 Å². The van der Waals surface area contributed by atoms with Gasteiger partial charge in [-0.15, -0.1) is 0 Å². The molecule has 0 amide bonds. The average Bonchev–Trinajstić information content (AvgIpc) is 2.78. The average molecular weight is 420 g/mol. The molecule has 0 spiro atoms. The molecule has 0 saturated heterocycles. The number of benzene rings is 3. The van der Waals surface area contributed by atoms with Crippen LogP contribution in [0, 0.1) is 0 Å². The highest BCUT2D eigenvalue weighted by atomic mass is 32.2. The molecule has 4 rings (SSSR count). The standard InChI is InChI=1S/C24H21NO4S/c1-17-22(24(26)18-8-4-3-5-9-18)16-19-10-6-7-11-23(19)25(17)30(27,28)21-14-12-20(29-2)13-15-21/h3-17H,1-2H3. The largest absolute Gasteiger partial charge is 0.497 e. The van der Waals surface area contributed by atoms with Crippen LogP contribution in [-0.2, 0) is 10.0 Å². The summed E-state index contributed by atoms with van der Waals surface area (Å²) in [6.07, 6.45) is 1.79. The number of sulfonamides is 1. The molecule has 0 aliphatic carbocycles. The third-order valence-electron chi connectivity index (χ3n) is 5.20. The number of ketones is 1. The molecule has 0 bridgehead atoms. The maximum absolute atomic E-state index is 13.6. The van der Waals surface area contributed by atoms with Crippen LogP contribution in [0.25, 0.3) is 6.08 Å². The minimum atomic E-state index is -3.91. The Kier molecular flexibility index (Phi) is 5.18. The van der Waals surface area contributed by atoms with E-state index in [0.717, 1.165) is 0 Å². The predicted octanol–water partition coefficient (Wildman–Crippen LogP) is 4.56. The first kappa shape index (κ1) is 19.9. The second-order valence-electron chi connectivity index (χ2n) is 7.01. The number of Topliss-reactive ketones (excluding diaryl/α,β-unsaturated/α-hetero) is 1. The highest BCUT2D eigenvalue weighted by Gasteiger charge is 2.37. The van der Waals surface area contributed by atoms with Gasteiger partial charge in [0.15, 0.2) is 5.78 Å². The van der Waals surface area contributed by atoms with Crippen molar-refractivity contribution in [1.29, 1.82) is 0 Å². The number of methoxy groups -OCH3 is 1. The Labute approximate surface area is 176 Å². The van der Waals surface area contributed by atoms with Gasteiger partial charge in [0, 0.05) is 11.1 Å². The highest BCUT2D eigenvalue weighted by Crippen LogP contribution is 2.38. The third kappa shape index (κ3) is 3.39. The van der Waals surface area contributed by atoms with E-state index in [4.69, 9.17) is 4.74 Å². The van der Waals surface area contributed by atoms with Crippen molar-refractivity contribution in [3.8, 4) is 5.75 Å². The van der Waals surface area contributed by atoms with Gasteiger partial charge in [-0.3, -0.25) is 9.10 Å². The maximum Gasteiger partial charge on any atom is 0.264 e. The van der Waals surface area contributed by atoms with Crippen molar-refractivity contribution >= 4 is 27.6 Å². The molecule has 6 heteroatoms. The molecule has 3 aromatic carbocycles. The minimum Gasteiger partial charge on any atom is -0.497 e. The number of nitrogens with zero attached hydrogens (tertiary/aromatic N) is 1. The Hall–Kier alpha value is -3.38. The van der Waals surface area contributed by atoms with Crippen LogP contribution >= 0.6 is 0 Å². The summed E-state index contributed by atoms with van der Waals surface area (Å²) in [6.45, 7) is 1.74. The van der Waals surface area contributed by atoms with Gasteiger partial charge in [0.05, 0.1) is 23.7 Å². The first-order valence-corrected chi connectivity index (χ1v) is 11.0. The van der Waals surface area contributed by atoms with Crippen molar-refractivity contribution in [3.63, 3.8) is 0 Å². The number of para-hydroxylation sites is 1. The molecule has 0 saturated carbocycles. The molecule has 1 atom stereocenters. The quantitative estimate of drug-likeness (QED) is 0.569. The summed E-state index contributed by atoms with van der Waals surface area (Å²) in [5.41, 5.74) is 2.19. The molecule has 1 unspecified atom stereocenters. The molecule has 0 N–H and O–H groups in total. The van der Waals surface area contributed by atoms with Crippen molar-refractivity contribution in [2.45, 2.75) is 17.9 Å². The molecule has 0 fully saturated rings. The van der Waals surface area contributed by atoms with Gasteiger partial charge in [0.2, 0.25) is 0 Å². The highest BCUT2D eigenvalue weighted by molar-refractivity contribution is 7.92. The van der Waals surface area contributed by atoms with Crippen LogP contribution in [0.3, 0.4) is 0 Å². The van der Waals surface area contributed by atoms with Gasteiger partial charge in [0.25, 0.3) is 10.0 Å². The van der Waals surface area contributed by atoms with Gasteiger partial charge >= 0.3 is 0 Å². The lowest BCUT2D eigenvalue weighted by molar-refractivity contribution is 0.103. The fraction of sp³-hybridized carbons (Fsp3) is 0.125. The summed E-state index contributed by atoms with van der Waals surface area (Å²) in [5.74, 6) is 0.383. The molecule has 1 aliphatic rings. The topological polar surface area (TPSA) is 63.7 Å². The molecule has 0 radical (unpaired) electrons. The van der Waals surface area contributed by atoms with Gasteiger partial charge < -0.3 is 4.74 Å². The number of carbonyl (C=O) groups excluding carboxylic acids is 1. The van der Waals surface area contributed by atoms with Crippen molar-refractivity contribution < 1.29 is 17.9 Å². The summed E-state index contributed by atoms with van der Waals surface area (Å²) < 4.78 is 33.7. The molecule has 1 aliphatic heterocycles. The van der Waals surface area contributed by atoms with Crippen LogP contribution in [0.2, 0.25) is 0 Å². The zero-order chi connectivity index (χ0) is 21.3. The van der Waals surface area contributed by atoms with Crippen molar-refractivity contribution in [2.24, 2.45) is 0 Å². The van der Waals surface area contributed by atoms with E-state index < -0.39 is 16.1 Å². The van der Waals surface area contributed by atoms with Crippen LogP contribution in [0.15, 0.2) is 89.3 Å². The first-order chi connectivity index (χ1) is 14.4. The molecule has 1 heterocycles. The van der Waals surface area contributed by atoms with Gasteiger partial charge in [0.1, 0.15) is 5.75 Å². The van der Waals surface area contributed by atoms with Gasteiger partial charge in [-0.1, -0.05) is 48.5 Å². The van der Waals surface area contributed by atoms with E-state index in [1.54, 1.807) is 61.5 Å². The van der Waals surface area contributed by atoms with Crippen LogP contribution in [0.1, 0.15) is 22.8 Å². The SMILES string of the molecule is COc1ccc(S(=O)(=O)N2c3ccccc3C=C(C(=O)c3ccccc3)C2C)cc1. The van der Waals surface area contributed by atoms with Gasteiger partial charge in [-0.25, -0.2) is 8.42 Å². The molecule has 5 nitrogen and oxygen atoms in total. The van der Waals surface area contributed by atoms with Crippen molar-refractivity contribution in [1.82, 2.24) is 0 Å². The van der Waals surface area contributed by atoms with Gasteiger partial charge in [-0.2, -0.15) is 0 Å². The van der Waals surface area contributed by atoms with Crippen LogP contribution in [0.4, 0.5) is 5.69 Å². The smallest absolute Gasteiger partial charge is 0.264 e. The van der Waals surface area contributed by atoms with E-state index in [0.29, 0.717) is 28.1 Å². The fourth-order valence-corrected chi connectivity index (χ4v) is 5.31. The summed E-state index contributed by atoms with van der Waals surface area (Å²) in [4.78, 5) is 13.3. The summed E-state index contributed by atoms with van der Waals surface area (Å²) in [5, 5.41) is 0. The van der Waals surface area contributed by atoms with Crippen molar-refractivity contribution in [2.75, 3.05) is 11.4 Å². The Bertz CT molecular complexity index is 1220. The Morgan fingerprint density at radius 1 is 0.900 bits per heavy atom. The molecular weight excluding hydrogens is 398 g/mol. The van der Waals surface area contributed by atoms with E-state index >= 15 is 0 Å². The summed E-state index contributed by atoms with van der Waals surface area (Å²) in [6, 6.07) is 21.7. The van der Waals surface area contributed by atoms with Crippen LogP contribution in [0.5, 0.6) is 5.75 Å². The fourth-order valence-electron chi connectivity index (χ4n) is 3.64. The maximum atomic E-state index is 13.6. The normalized spacial score (nSPS) is 15.9. The first-order valence-electron chi connectivity index (χ1n) is 9.52. The lowest BCUT2D eigenvalue weighted by Crippen LogP contribution is -2.43. The number of carbonyl (C=O) groups is 1. The second kappa shape index (κ2) is 7.80. The number of rotatable bonds is 5. The Balaban J connectivity index is 1.83. The molecule has 152 valence electrons. The van der Waals surface area contributed by atoms with Crippen molar-refractivity contribution in [3.05, 3.63) is 95.6 Å². The Morgan fingerprint density at radius 2 is 1.53 bits per heavy atom. The van der Waals surface area contributed by atoms with Crippen LogP contribution < -0.4 is 9.04 Å². The number of hydrogen-bond acceptors (Lipinski definition) is 4. The van der Waals surface area contributed by atoms with E-state index in [2.05, 4.69) is 0 Å². The zero-order valence-corrected chi connectivity index (χ0v) is 17.5. The molecule has 30 heavy (non-hydrogen) atoms. The summed E-state index contributed by atoms with van der Waals surface area (Å²) in [7, 11) is -2.39. The minimum absolute atomic E-state index is 0.137. The second-order valence-corrected chi connectivity index (χ2v) is 8.82. The lowest BCUT2D eigenvalue weighted by Gasteiger charge is -2.36. The third-order valence-corrected chi connectivity index (χ3v) is 7.10. The monoisotopic (exact) mass is 419 g/mol. The molecular formula is C24H21NO4S. The zero-order valence-electron chi connectivity index (χ0n) is 16.6. The van der Waals surface area contributed by atoms with E-state index in [-0.39, 0.29) is 10.7 Å². The number of anilines is 1. The summed E-state index contributed by atoms with van der Waals surface area (Å²) >= 11 is 0. The lowest BCUT2D eigenvalue weighted by atomic mass is 9.92. The van der Waals surface area contributed by atoms with E-state index in [9.17, 15) is 13.2 Å². The van der Waals surface area contributed by atoms with Gasteiger partial charge in [-0.05, 0) is 48.9 Å². The molecule has 3 aromatic rings.